The molecule has 1 aliphatic carbocycles. The molecular formula is C22H14NO+. The first-order valence-corrected chi connectivity index (χ1v) is 7.92. The number of rotatable bonds is 1. The summed E-state index contributed by atoms with van der Waals surface area (Å²) in [6, 6.07) is 18.4. The Hall–Kier alpha value is -3.35. The van der Waals surface area contributed by atoms with Gasteiger partial charge >= 0.3 is 0 Å². The molecule has 2 N–H and O–H groups in total. The van der Waals surface area contributed by atoms with Gasteiger partial charge in [-0.3, -0.25) is 0 Å². The van der Waals surface area contributed by atoms with Crippen molar-refractivity contribution in [1.82, 2.24) is 0 Å². The minimum Gasteiger partial charge on any atom is -0.452 e. The number of nitrogens with two attached hydrogens (primary N) is 1. The standard InChI is InChI=1S/C22H14NO/c23-20-11-4-3-8-16(20)17-9-5-10-18-19-13-12-14-6-1-2-7-15(14)21(19)24-22(17)18/h2-13H,23H2/q+1. The molecule has 0 saturated heterocycles. The van der Waals surface area contributed by atoms with Gasteiger partial charge in [0.25, 0.3) is 0 Å². The van der Waals surface area contributed by atoms with E-state index in [-0.39, 0.29) is 0 Å². The fourth-order valence-electron chi connectivity index (χ4n) is 3.42. The molecule has 0 unspecified atom stereocenters. The smallest absolute Gasteiger partial charge is 0.170 e. The molecule has 5 rings (SSSR count). The summed E-state index contributed by atoms with van der Waals surface area (Å²) in [6.45, 7) is 0. The van der Waals surface area contributed by atoms with Crippen LogP contribution in [-0.4, -0.2) is 0 Å². The zero-order valence-electron chi connectivity index (χ0n) is 12.9. The van der Waals surface area contributed by atoms with Crippen LogP contribution in [0, 0.1) is 6.08 Å². The van der Waals surface area contributed by atoms with Gasteiger partial charge in [-0.05, 0) is 12.1 Å². The van der Waals surface area contributed by atoms with Crippen LogP contribution in [0.1, 0.15) is 11.1 Å². The van der Waals surface area contributed by atoms with Gasteiger partial charge in [-0.1, -0.05) is 36.4 Å². The van der Waals surface area contributed by atoms with Gasteiger partial charge in [0, 0.05) is 39.7 Å². The Bertz CT molecular complexity index is 1160. The zero-order valence-corrected chi connectivity index (χ0v) is 12.9. The Morgan fingerprint density at radius 3 is 2.54 bits per heavy atom. The van der Waals surface area contributed by atoms with Crippen molar-refractivity contribution >= 4 is 39.8 Å². The molecule has 1 heterocycles. The fraction of sp³-hybridized carbons (Fsp3) is 0. The second-order valence-corrected chi connectivity index (χ2v) is 5.96. The van der Waals surface area contributed by atoms with E-state index >= 15 is 0 Å². The highest BCUT2D eigenvalue weighted by Crippen LogP contribution is 2.40. The zero-order chi connectivity index (χ0) is 16.1. The Balaban J connectivity index is 1.90. The highest BCUT2D eigenvalue weighted by molar-refractivity contribution is 6.12. The van der Waals surface area contributed by atoms with Gasteiger partial charge in [0.1, 0.15) is 23.3 Å². The lowest BCUT2D eigenvalue weighted by molar-refractivity contribution is 0.669. The van der Waals surface area contributed by atoms with E-state index in [2.05, 4.69) is 42.5 Å². The number of furan rings is 1. The van der Waals surface area contributed by atoms with E-state index in [1.807, 2.05) is 36.4 Å². The SMILES string of the molecule is Nc1ccccc1-c1cccc2c1oc1c3c(ccc12)C=[C+]C=C3. The average molecular weight is 308 g/mol. The van der Waals surface area contributed by atoms with E-state index in [4.69, 9.17) is 10.2 Å². The van der Waals surface area contributed by atoms with E-state index in [1.54, 1.807) is 0 Å². The van der Waals surface area contributed by atoms with Crippen LogP contribution in [0.4, 0.5) is 5.69 Å². The number of hydrogen-bond acceptors (Lipinski definition) is 2. The first kappa shape index (κ1) is 13.1. The van der Waals surface area contributed by atoms with Gasteiger partial charge in [0.15, 0.2) is 5.58 Å². The van der Waals surface area contributed by atoms with Crippen LogP contribution >= 0.6 is 0 Å². The van der Waals surface area contributed by atoms with Gasteiger partial charge < -0.3 is 10.2 Å². The van der Waals surface area contributed by atoms with E-state index in [9.17, 15) is 0 Å². The van der Waals surface area contributed by atoms with Crippen molar-refractivity contribution in [2.24, 2.45) is 0 Å². The molecule has 0 aliphatic heterocycles. The second-order valence-electron chi connectivity index (χ2n) is 5.96. The Kier molecular flexibility index (Phi) is 2.64. The largest absolute Gasteiger partial charge is 0.452 e. The van der Waals surface area contributed by atoms with Gasteiger partial charge in [-0.2, -0.15) is 0 Å². The Morgan fingerprint density at radius 1 is 0.792 bits per heavy atom. The van der Waals surface area contributed by atoms with Crippen LogP contribution in [0.5, 0.6) is 0 Å². The van der Waals surface area contributed by atoms with Crippen LogP contribution in [0.15, 0.2) is 65.1 Å². The summed E-state index contributed by atoms with van der Waals surface area (Å²) in [7, 11) is 0. The minimum atomic E-state index is 0.755. The van der Waals surface area contributed by atoms with Gasteiger partial charge in [-0.25, -0.2) is 0 Å². The highest BCUT2D eigenvalue weighted by Gasteiger charge is 2.20. The summed E-state index contributed by atoms with van der Waals surface area (Å²) < 4.78 is 6.34. The molecule has 1 aromatic heterocycles. The molecule has 3 aromatic carbocycles. The topological polar surface area (TPSA) is 39.2 Å². The first-order chi connectivity index (χ1) is 11.8. The molecule has 0 radical (unpaired) electrons. The van der Waals surface area contributed by atoms with Crippen molar-refractivity contribution in [1.29, 1.82) is 0 Å². The van der Waals surface area contributed by atoms with Gasteiger partial charge in [-0.15, -0.1) is 0 Å². The minimum absolute atomic E-state index is 0.755. The quantitative estimate of drug-likeness (QED) is 0.363. The van der Waals surface area contributed by atoms with Crippen LogP contribution in [0.2, 0.25) is 0 Å². The maximum atomic E-state index is 6.34. The summed E-state index contributed by atoms with van der Waals surface area (Å²) in [5.41, 5.74) is 13.0. The normalized spacial score (nSPS) is 12.5. The molecule has 0 saturated carbocycles. The maximum absolute atomic E-state index is 6.34. The molecule has 0 spiro atoms. The summed E-state index contributed by atoms with van der Waals surface area (Å²) in [4.78, 5) is 0. The highest BCUT2D eigenvalue weighted by atomic mass is 16.3. The van der Waals surface area contributed by atoms with Gasteiger partial charge in [0.2, 0.25) is 0 Å². The third kappa shape index (κ3) is 1.75. The van der Waals surface area contributed by atoms with E-state index in [0.717, 1.165) is 49.9 Å². The first-order valence-electron chi connectivity index (χ1n) is 7.92. The van der Waals surface area contributed by atoms with Crippen LogP contribution < -0.4 is 5.73 Å². The van der Waals surface area contributed by atoms with Crippen molar-refractivity contribution in [3.05, 3.63) is 77.9 Å². The van der Waals surface area contributed by atoms with Crippen molar-refractivity contribution < 1.29 is 4.42 Å². The molecule has 2 heteroatoms. The molecule has 2 nitrogen and oxygen atoms in total. The van der Waals surface area contributed by atoms with Crippen LogP contribution in [0.25, 0.3) is 45.2 Å². The van der Waals surface area contributed by atoms with E-state index in [1.165, 1.54) is 0 Å². The molecule has 0 fully saturated rings. The van der Waals surface area contributed by atoms with Crippen LogP contribution in [0.3, 0.4) is 0 Å². The van der Waals surface area contributed by atoms with Gasteiger partial charge in [0.05, 0.1) is 11.6 Å². The number of hydrogen-bond donors (Lipinski definition) is 1. The number of anilines is 1. The maximum Gasteiger partial charge on any atom is 0.170 e. The molecule has 0 bridgehead atoms. The predicted molar refractivity (Wildman–Crippen MR) is 100 cm³/mol. The molecule has 0 atom stereocenters. The van der Waals surface area contributed by atoms with Crippen LogP contribution in [-0.2, 0) is 0 Å². The van der Waals surface area contributed by atoms with E-state index < -0.39 is 0 Å². The Morgan fingerprint density at radius 2 is 1.62 bits per heavy atom. The number of nitrogen functional groups attached to an aromatic ring is 1. The lowest BCUT2D eigenvalue weighted by atomic mass is 9.98. The monoisotopic (exact) mass is 308 g/mol. The summed E-state index contributed by atoms with van der Waals surface area (Å²) >= 11 is 0. The van der Waals surface area contributed by atoms with Crippen molar-refractivity contribution in [2.45, 2.75) is 0 Å². The Labute approximate surface area is 139 Å². The number of fused-ring (bicyclic) bond motifs is 5. The lowest BCUT2D eigenvalue weighted by Gasteiger charge is -2.05. The fourth-order valence-corrected chi connectivity index (χ4v) is 3.42. The average Bonchev–Trinajstić information content (AvgIpc) is 3.01. The third-order valence-corrected chi connectivity index (χ3v) is 4.58. The molecular weight excluding hydrogens is 294 g/mol. The number of para-hydroxylation sites is 2. The third-order valence-electron chi connectivity index (χ3n) is 4.58. The summed E-state index contributed by atoms with van der Waals surface area (Å²) in [5.74, 6) is 0. The number of benzene rings is 3. The summed E-state index contributed by atoms with van der Waals surface area (Å²) in [6.07, 6.45) is 9.08. The predicted octanol–water partition coefficient (Wildman–Crippen LogP) is 5.68. The molecule has 24 heavy (non-hydrogen) atoms. The second kappa shape index (κ2) is 4.82. The molecule has 4 aromatic rings. The molecule has 0 amide bonds. The number of allylic oxidation sites excluding steroid dienone is 2. The molecule has 112 valence electrons. The van der Waals surface area contributed by atoms with Crippen molar-refractivity contribution in [2.75, 3.05) is 5.73 Å². The van der Waals surface area contributed by atoms with E-state index in [0.29, 0.717) is 0 Å². The van der Waals surface area contributed by atoms with Crippen molar-refractivity contribution in [3.8, 4) is 11.1 Å². The lowest BCUT2D eigenvalue weighted by Crippen LogP contribution is -1.89. The summed E-state index contributed by atoms with van der Waals surface area (Å²) in [5, 5.41) is 2.24. The molecule has 1 aliphatic rings. The van der Waals surface area contributed by atoms with Crippen molar-refractivity contribution in [3.63, 3.8) is 0 Å².